The summed E-state index contributed by atoms with van der Waals surface area (Å²) in [7, 11) is 0. The fraction of sp³-hybridized carbons (Fsp3) is 0. The van der Waals surface area contributed by atoms with E-state index >= 15 is 0 Å². The maximum Gasteiger partial charge on any atom is 0.277 e. The molecule has 0 atom stereocenters. The van der Waals surface area contributed by atoms with Gasteiger partial charge in [0.2, 0.25) is 0 Å². The number of nitrogens with zero attached hydrogens (tertiary/aromatic N) is 1. The molecule has 0 aliphatic rings. The van der Waals surface area contributed by atoms with Gasteiger partial charge in [-0.05, 0) is 12.1 Å². The van der Waals surface area contributed by atoms with Gasteiger partial charge in [0.25, 0.3) is 5.76 Å². The smallest absolute Gasteiger partial charge is 0.277 e. The van der Waals surface area contributed by atoms with Gasteiger partial charge in [-0.2, -0.15) is 5.26 Å². The lowest BCUT2D eigenvalue weighted by molar-refractivity contribution is -0.143. The molecular weight excluding hydrogens is 202 g/mol. The maximum atomic E-state index is 8.42. The summed E-state index contributed by atoms with van der Waals surface area (Å²) in [5, 5.41) is 16.8. The Balaban J connectivity index is 2.33. The molecule has 1 aromatic carbocycles. The van der Waals surface area contributed by atoms with E-state index in [0.29, 0.717) is 6.26 Å². The quantitative estimate of drug-likeness (QED) is 0.271. The molecule has 0 aromatic heterocycles. The number of hydrogen-bond acceptors (Lipinski definition) is 5. The van der Waals surface area contributed by atoms with Crippen LogP contribution in [0.4, 0.5) is 0 Å². The Labute approximate surface area is 85.5 Å². The molecule has 14 heavy (non-hydrogen) atoms. The van der Waals surface area contributed by atoms with Crippen LogP contribution in [0.2, 0.25) is 0 Å². The lowest BCUT2D eigenvalue weighted by Crippen LogP contribution is -1.86. The minimum absolute atomic E-state index is 0.298. The lowest BCUT2D eigenvalue weighted by Gasteiger charge is -1.99. The van der Waals surface area contributed by atoms with E-state index in [1.165, 1.54) is 0 Å². The van der Waals surface area contributed by atoms with Gasteiger partial charge in [0.05, 0.1) is 12.0 Å². The van der Waals surface area contributed by atoms with E-state index in [9.17, 15) is 0 Å². The Morgan fingerprint density at radius 1 is 1.43 bits per heavy atom. The Morgan fingerprint density at radius 2 is 2.14 bits per heavy atom. The molecule has 0 amide bonds. The molecule has 0 aliphatic carbocycles. The Bertz CT molecular complexity index is 345. The topological polar surface area (TPSA) is 62.5 Å². The Morgan fingerprint density at radius 3 is 2.71 bits per heavy atom. The van der Waals surface area contributed by atoms with Crippen molar-refractivity contribution in [2.24, 2.45) is 0 Å². The molecule has 0 unspecified atom stereocenters. The highest BCUT2D eigenvalue weighted by atomic mass is 32.2. The summed E-state index contributed by atoms with van der Waals surface area (Å²) in [5.74, 6) is -0.298. The van der Waals surface area contributed by atoms with Crippen molar-refractivity contribution in [1.82, 2.24) is 0 Å². The lowest BCUT2D eigenvalue weighted by atomic mass is 10.4. The molecule has 0 saturated carbocycles. The van der Waals surface area contributed by atoms with E-state index in [4.69, 9.17) is 10.4 Å². The first kappa shape index (κ1) is 10.4. The van der Waals surface area contributed by atoms with Gasteiger partial charge in [-0.1, -0.05) is 18.2 Å². The van der Waals surface area contributed by atoms with Crippen LogP contribution in [0, 0.1) is 11.3 Å². The van der Waals surface area contributed by atoms with Gasteiger partial charge in [0.1, 0.15) is 12.3 Å². The zero-order chi connectivity index (χ0) is 10.2. The standard InChI is InChI=1S/C9H7NO3S/c10-6-8(7-11)12-13-14-9-4-2-1-3-5-9/h1-5,7,11H/b8-7+. The van der Waals surface area contributed by atoms with Crippen molar-refractivity contribution in [2.75, 3.05) is 0 Å². The molecule has 1 N–H and O–H groups in total. The van der Waals surface area contributed by atoms with Crippen molar-refractivity contribution in [1.29, 1.82) is 5.26 Å². The van der Waals surface area contributed by atoms with E-state index in [1.54, 1.807) is 6.07 Å². The van der Waals surface area contributed by atoms with Crippen molar-refractivity contribution in [2.45, 2.75) is 4.90 Å². The summed E-state index contributed by atoms with van der Waals surface area (Å²) in [5.41, 5.74) is 0. The number of rotatable bonds is 4. The molecule has 4 nitrogen and oxygen atoms in total. The number of hydrogen-bond donors (Lipinski definition) is 1. The molecule has 0 heterocycles. The number of aliphatic hydroxyl groups is 1. The molecule has 0 radical (unpaired) electrons. The predicted octanol–water partition coefficient (Wildman–Crippen LogP) is 2.56. The van der Waals surface area contributed by atoms with Crippen LogP contribution in [0.15, 0.2) is 47.2 Å². The second-order valence-corrected chi connectivity index (χ2v) is 2.93. The maximum absolute atomic E-state index is 8.42. The first-order valence-electron chi connectivity index (χ1n) is 3.67. The van der Waals surface area contributed by atoms with Gasteiger partial charge in [-0.25, -0.2) is 0 Å². The molecular formula is C9H7NO3S. The van der Waals surface area contributed by atoms with Crippen LogP contribution in [0.1, 0.15) is 0 Å². The monoisotopic (exact) mass is 209 g/mol. The highest BCUT2D eigenvalue weighted by molar-refractivity contribution is 7.94. The molecule has 0 spiro atoms. The van der Waals surface area contributed by atoms with Gasteiger partial charge in [0.15, 0.2) is 0 Å². The van der Waals surface area contributed by atoms with Crippen LogP contribution >= 0.6 is 12.0 Å². The molecule has 0 bridgehead atoms. The average Bonchev–Trinajstić information content (AvgIpc) is 2.26. The van der Waals surface area contributed by atoms with Crippen LogP contribution in [-0.4, -0.2) is 5.11 Å². The first-order valence-corrected chi connectivity index (χ1v) is 4.41. The minimum atomic E-state index is -0.298. The molecule has 0 saturated heterocycles. The molecule has 0 fully saturated rings. The van der Waals surface area contributed by atoms with Crippen molar-refractivity contribution in [3.05, 3.63) is 42.4 Å². The van der Waals surface area contributed by atoms with E-state index in [-0.39, 0.29) is 5.76 Å². The van der Waals surface area contributed by atoms with Crippen molar-refractivity contribution in [3.8, 4) is 6.07 Å². The summed E-state index contributed by atoms with van der Waals surface area (Å²) < 4.78 is 4.63. The average molecular weight is 209 g/mol. The molecule has 1 aromatic rings. The van der Waals surface area contributed by atoms with E-state index in [1.807, 2.05) is 30.3 Å². The molecule has 72 valence electrons. The van der Waals surface area contributed by atoms with Crippen LogP contribution in [0.25, 0.3) is 0 Å². The van der Waals surface area contributed by atoms with Crippen molar-refractivity contribution >= 4 is 12.0 Å². The van der Waals surface area contributed by atoms with Crippen LogP contribution in [0.3, 0.4) is 0 Å². The third-order valence-electron chi connectivity index (χ3n) is 1.22. The summed E-state index contributed by atoms with van der Waals surface area (Å²) in [6.45, 7) is 0. The van der Waals surface area contributed by atoms with Gasteiger partial charge in [-0.3, -0.25) is 0 Å². The molecule has 1 rings (SSSR count). The second kappa shape index (κ2) is 5.91. The third kappa shape index (κ3) is 3.39. The fourth-order valence-corrected chi connectivity index (χ4v) is 1.09. The second-order valence-electron chi connectivity index (χ2n) is 2.15. The summed E-state index contributed by atoms with van der Waals surface area (Å²) in [6, 6.07) is 10.8. The van der Waals surface area contributed by atoms with E-state index in [2.05, 4.69) is 9.22 Å². The number of aliphatic hydroxyl groups excluding tert-OH is 1. The van der Waals surface area contributed by atoms with Gasteiger partial charge < -0.3 is 9.99 Å². The van der Waals surface area contributed by atoms with Crippen LogP contribution in [0.5, 0.6) is 0 Å². The normalized spacial score (nSPS) is 10.6. The SMILES string of the molecule is N#C/C(=C\O)OOSc1ccccc1. The van der Waals surface area contributed by atoms with Gasteiger partial charge >= 0.3 is 0 Å². The largest absolute Gasteiger partial charge is 0.511 e. The Kier molecular flexibility index (Phi) is 4.41. The van der Waals surface area contributed by atoms with Crippen LogP contribution < -0.4 is 0 Å². The summed E-state index contributed by atoms with van der Waals surface area (Å²) in [4.78, 5) is 5.29. The van der Waals surface area contributed by atoms with Gasteiger partial charge in [0, 0.05) is 4.90 Å². The number of nitriles is 1. The first-order chi connectivity index (χ1) is 6.86. The predicted molar refractivity (Wildman–Crippen MR) is 50.8 cm³/mol. The van der Waals surface area contributed by atoms with Crippen LogP contribution in [-0.2, 0) is 9.22 Å². The zero-order valence-corrected chi connectivity index (χ0v) is 7.90. The highest BCUT2D eigenvalue weighted by Gasteiger charge is 1.98. The minimum Gasteiger partial charge on any atom is -0.511 e. The zero-order valence-electron chi connectivity index (χ0n) is 7.08. The highest BCUT2D eigenvalue weighted by Crippen LogP contribution is 2.19. The number of benzene rings is 1. The van der Waals surface area contributed by atoms with Crippen molar-refractivity contribution < 1.29 is 14.3 Å². The fourth-order valence-electron chi connectivity index (χ4n) is 0.638. The molecule has 0 aliphatic heterocycles. The third-order valence-corrected chi connectivity index (χ3v) is 1.83. The van der Waals surface area contributed by atoms with Crippen molar-refractivity contribution in [3.63, 3.8) is 0 Å². The Hall–Kier alpha value is -1.64. The van der Waals surface area contributed by atoms with E-state index < -0.39 is 0 Å². The number of allylic oxidation sites excluding steroid dienone is 1. The van der Waals surface area contributed by atoms with E-state index in [0.717, 1.165) is 16.9 Å². The summed E-state index contributed by atoms with van der Waals surface area (Å²) >= 11 is 0.954. The molecule has 5 heteroatoms. The summed E-state index contributed by atoms with van der Waals surface area (Å²) in [6.07, 6.45) is 0.533. The van der Waals surface area contributed by atoms with Gasteiger partial charge in [-0.15, -0.1) is 4.33 Å².